The van der Waals surface area contributed by atoms with Gasteiger partial charge >= 0.3 is 5.97 Å². The third-order valence-electron chi connectivity index (χ3n) is 1.94. The Morgan fingerprint density at radius 2 is 2.23 bits per heavy atom. The molecule has 0 amide bonds. The van der Waals surface area contributed by atoms with E-state index in [9.17, 15) is 4.79 Å². The second-order valence-electron chi connectivity index (χ2n) is 3.24. The van der Waals surface area contributed by atoms with E-state index in [1.165, 1.54) is 11.0 Å². The van der Waals surface area contributed by atoms with E-state index in [2.05, 4.69) is 6.07 Å². The number of carbonyl (C=O) groups is 1. The van der Waals surface area contributed by atoms with Gasteiger partial charge in [0.2, 0.25) is 0 Å². The highest BCUT2D eigenvalue weighted by Crippen LogP contribution is 2.02. The largest absolute Gasteiger partial charge is 0.481 e. The van der Waals surface area contributed by atoms with Crippen LogP contribution in [0.1, 0.15) is 18.4 Å². The Kier molecular flexibility index (Phi) is 3.56. The Morgan fingerprint density at radius 1 is 1.46 bits per heavy atom. The van der Waals surface area contributed by atoms with Gasteiger partial charge in [0.25, 0.3) is 0 Å². The Morgan fingerprint density at radius 3 is 2.85 bits per heavy atom. The molecule has 68 valence electrons. The number of carboxylic acids is 1. The highest BCUT2D eigenvalue weighted by Gasteiger charge is 1.97. The summed E-state index contributed by atoms with van der Waals surface area (Å²) >= 11 is 0. The first kappa shape index (κ1) is 9.84. The van der Waals surface area contributed by atoms with Crippen LogP contribution in [0.2, 0.25) is 0 Å². The van der Waals surface area contributed by atoms with Crippen molar-refractivity contribution in [3.8, 4) is 0 Å². The molecule has 2 nitrogen and oxygen atoms in total. The lowest BCUT2D eigenvalue weighted by Gasteiger charge is -2.00. The number of hydrogen-bond acceptors (Lipinski definition) is 1. The summed E-state index contributed by atoms with van der Waals surface area (Å²) in [7, 11) is 2.04. The highest BCUT2D eigenvalue weighted by molar-refractivity contribution is 6.32. The number of aryl methyl sites for hydroxylation is 1. The van der Waals surface area contributed by atoms with Crippen molar-refractivity contribution in [3.63, 3.8) is 0 Å². The maximum atomic E-state index is 10.3. The number of benzene rings is 1. The molecule has 0 radical (unpaired) electrons. The van der Waals surface area contributed by atoms with E-state index < -0.39 is 5.97 Å². The molecule has 0 aliphatic rings. The van der Waals surface area contributed by atoms with Gasteiger partial charge in [-0.05, 0) is 18.4 Å². The number of aliphatic carboxylic acids is 1. The smallest absolute Gasteiger partial charge is 0.303 e. The van der Waals surface area contributed by atoms with E-state index in [4.69, 9.17) is 5.11 Å². The summed E-state index contributed by atoms with van der Waals surface area (Å²) in [4.78, 5) is 10.3. The van der Waals surface area contributed by atoms with E-state index in [1.54, 1.807) is 0 Å². The third kappa shape index (κ3) is 3.79. The summed E-state index contributed by atoms with van der Waals surface area (Å²) in [6.07, 6.45) is 1.83. The quantitative estimate of drug-likeness (QED) is 0.672. The number of carboxylic acid groups (broad SMARTS) is 1. The molecular weight excluding hydrogens is 163 g/mol. The highest BCUT2D eigenvalue weighted by atomic mass is 16.4. The summed E-state index contributed by atoms with van der Waals surface area (Å²) < 4.78 is 0. The molecular formula is C10H13BO2. The fraction of sp³-hybridized carbons (Fsp3) is 0.300. The van der Waals surface area contributed by atoms with Crippen molar-refractivity contribution in [2.45, 2.75) is 19.3 Å². The van der Waals surface area contributed by atoms with Crippen LogP contribution < -0.4 is 5.46 Å². The molecule has 3 heteroatoms. The molecule has 0 saturated carbocycles. The summed E-state index contributed by atoms with van der Waals surface area (Å²) in [5.41, 5.74) is 2.45. The maximum Gasteiger partial charge on any atom is 0.303 e. The molecule has 0 saturated heterocycles. The van der Waals surface area contributed by atoms with Gasteiger partial charge in [-0.2, -0.15) is 0 Å². The Labute approximate surface area is 79.0 Å². The van der Waals surface area contributed by atoms with Crippen molar-refractivity contribution in [3.05, 3.63) is 29.8 Å². The van der Waals surface area contributed by atoms with Crippen LogP contribution in [0.4, 0.5) is 0 Å². The third-order valence-corrected chi connectivity index (χ3v) is 1.94. The van der Waals surface area contributed by atoms with E-state index in [0.29, 0.717) is 0 Å². The maximum absolute atomic E-state index is 10.3. The van der Waals surface area contributed by atoms with Crippen LogP contribution >= 0.6 is 0 Å². The van der Waals surface area contributed by atoms with Gasteiger partial charge in [0, 0.05) is 6.42 Å². The number of hydrogen-bond donors (Lipinski definition) is 1. The van der Waals surface area contributed by atoms with Crippen LogP contribution in [0.5, 0.6) is 0 Å². The fourth-order valence-electron chi connectivity index (χ4n) is 1.31. The Balaban J connectivity index is 2.41. The topological polar surface area (TPSA) is 37.3 Å². The van der Waals surface area contributed by atoms with Gasteiger partial charge in [-0.1, -0.05) is 29.7 Å². The van der Waals surface area contributed by atoms with Crippen LogP contribution in [0.15, 0.2) is 24.3 Å². The van der Waals surface area contributed by atoms with Crippen LogP contribution in [-0.4, -0.2) is 18.9 Å². The monoisotopic (exact) mass is 176 g/mol. The van der Waals surface area contributed by atoms with Gasteiger partial charge in [-0.15, -0.1) is 0 Å². The Bertz CT molecular complexity index is 297. The summed E-state index contributed by atoms with van der Waals surface area (Å²) in [6, 6.07) is 8.18. The van der Waals surface area contributed by atoms with E-state index in [-0.39, 0.29) is 6.42 Å². The molecule has 1 aromatic carbocycles. The molecule has 0 aliphatic carbocycles. The minimum atomic E-state index is -0.715. The summed E-state index contributed by atoms with van der Waals surface area (Å²) in [5.74, 6) is -0.715. The van der Waals surface area contributed by atoms with Crippen LogP contribution in [0, 0.1) is 0 Å². The molecule has 0 aliphatic heterocycles. The molecule has 0 aromatic heterocycles. The van der Waals surface area contributed by atoms with E-state index in [1.807, 2.05) is 26.0 Å². The molecule has 0 spiro atoms. The lowest BCUT2D eigenvalue weighted by molar-refractivity contribution is -0.137. The molecule has 0 unspecified atom stereocenters. The van der Waals surface area contributed by atoms with Gasteiger partial charge in [0.15, 0.2) is 0 Å². The molecule has 1 aromatic rings. The lowest BCUT2D eigenvalue weighted by Crippen LogP contribution is -2.03. The lowest BCUT2D eigenvalue weighted by atomic mass is 9.93. The molecule has 0 atom stereocenters. The molecule has 0 fully saturated rings. The molecule has 1 N–H and O–H groups in total. The average Bonchev–Trinajstić information content (AvgIpc) is 2.03. The first-order valence-corrected chi connectivity index (χ1v) is 4.46. The summed E-state index contributed by atoms with van der Waals surface area (Å²) in [5, 5.41) is 8.45. The predicted molar refractivity (Wildman–Crippen MR) is 55.2 cm³/mol. The molecule has 13 heavy (non-hydrogen) atoms. The first-order chi connectivity index (χ1) is 6.18. The van der Waals surface area contributed by atoms with Gasteiger partial charge < -0.3 is 5.11 Å². The van der Waals surface area contributed by atoms with E-state index in [0.717, 1.165) is 12.8 Å². The van der Waals surface area contributed by atoms with Crippen molar-refractivity contribution in [2.75, 3.05) is 0 Å². The Hall–Kier alpha value is -1.25. The predicted octanol–water partition coefficient (Wildman–Crippen LogP) is 0.352. The normalized spacial score (nSPS) is 9.85. The van der Waals surface area contributed by atoms with Crippen LogP contribution in [-0.2, 0) is 11.2 Å². The van der Waals surface area contributed by atoms with Crippen molar-refractivity contribution < 1.29 is 9.90 Å². The minimum Gasteiger partial charge on any atom is -0.481 e. The average molecular weight is 176 g/mol. The van der Waals surface area contributed by atoms with Crippen molar-refractivity contribution in [1.29, 1.82) is 0 Å². The van der Waals surface area contributed by atoms with Gasteiger partial charge in [-0.25, -0.2) is 0 Å². The second kappa shape index (κ2) is 4.70. The zero-order valence-corrected chi connectivity index (χ0v) is 7.79. The standard InChI is InChI=1S/C10H13BO2/c11-9-5-1-3-8(7-9)4-2-6-10(12)13/h1,3,5,7H,2,4,6,11H2,(H,12,13). The van der Waals surface area contributed by atoms with Crippen LogP contribution in [0.25, 0.3) is 0 Å². The van der Waals surface area contributed by atoms with Gasteiger partial charge in [0.1, 0.15) is 7.85 Å². The van der Waals surface area contributed by atoms with Crippen LogP contribution in [0.3, 0.4) is 0 Å². The van der Waals surface area contributed by atoms with Crippen molar-refractivity contribution in [1.82, 2.24) is 0 Å². The first-order valence-electron chi connectivity index (χ1n) is 4.46. The number of rotatable bonds is 4. The summed E-state index contributed by atoms with van der Waals surface area (Å²) in [6.45, 7) is 0. The zero-order chi connectivity index (χ0) is 9.68. The van der Waals surface area contributed by atoms with Gasteiger partial charge in [0.05, 0.1) is 0 Å². The second-order valence-corrected chi connectivity index (χ2v) is 3.24. The molecule has 1 rings (SSSR count). The van der Waals surface area contributed by atoms with E-state index >= 15 is 0 Å². The SMILES string of the molecule is Bc1cccc(CCCC(=O)O)c1. The van der Waals surface area contributed by atoms with Gasteiger partial charge in [-0.3, -0.25) is 4.79 Å². The minimum absolute atomic E-state index is 0.258. The molecule has 0 bridgehead atoms. The fourth-order valence-corrected chi connectivity index (χ4v) is 1.31. The zero-order valence-electron chi connectivity index (χ0n) is 7.79. The van der Waals surface area contributed by atoms with Crippen molar-refractivity contribution in [2.24, 2.45) is 0 Å². The van der Waals surface area contributed by atoms with Crippen molar-refractivity contribution >= 4 is 19.3 Å². The molecule has 0 heterocycles.